The van der Waals surface area contributed by atoms with Gasteiger partial charge in [-0.2, -0.15) is 0 Å². The van der Waals surface area contributed by atoms with Gasteiger partial charge in [-0.15, -0.1) is 0 Å². The third-order valence-corrected chi connectivity index (χ3v) is 1.37. The van der Waals surface area contributed by atoms with Crippen molar-refractivity contribution in [3.63, 3.8) is 0 Å². The van der Waals surface area contributed by atoms with E-state index in [0.717, 1.165) is 11.0 Å². The van der Waals surface area contributed by atoms with Gasteiger partial charge in [0.25, 0.3) is 11.8 Å². The fraction of sp³-hybridized carbons (Fsp3) is 0.333. The molecule has 0 aromatic heterocycles. The number of carbonyl (C=O) groups is 2. The number of amides is 2. The summed E-state index contributed by atoms with van der Waals surface area (Å²) in [7, 11) is 0. The normalized spacial score (nSPS) is 8.83. The lowest BCUT2D eigenvalue weighted by atomic mass is 10.3. The smallest absolute Gasteiger partial charge is 0.255 e. The van der Waals surface area contributed by atoms with Crippen LogP contribution in [0.4, 0.5) is 0 Å². The molecule has 2 amide bonds. The summed E-state index contributed by atoms with van der Waals surface area (Å²) in [6.45, 7) is 10.4. The third kappa shape index (κ3) is 2.34. The lowest BCUT2D eigenvalue weighted by Crippen LogP contribution is -2.35. The van der Waals surface area contributed by atoms with Crippen LogP contribution in [0.15, 0.2) is 24.8 Å². The van der Waals surface area contributed by atoms with Crippen molar-refractivity contribution in [1.82, 2.24) is 4.90 Å². The third-order valence-electron chi connectivity index (χ3n) is 1.37. The van der Waals surface area contributed by atoms with E-state index in [9.17, 15) is 9.59 Å². The number of hydrogen-bond acceptors (Lipinski definition) is 2. The molecule has 66 valence electrons. The zero-order valence-corrected chi connectivity index (χ0v) is 7.46. The van der Waals surface area contributed by atoms with Crippen LogP contribution >= 0.6 is 0 Å². The number of likely N-dealkylation sites (N-methyl/N-ethyl adjacent to an activating group) is 1. The van der Waals surface area contributed by atoms with Gasteiger partial charge in [-0.1, -0.05) is 13.2 Å². The Hall–Kier alpha value is -1.38. The van der Waals surface area contributed by atoms with E-state index >= 15 is 0 Å². The van der Waals surface area contributed by atoms with E-state index < -0.39 is 0 Å². The van der Waals surface area contributed by atoms with Crippen LogP contribution in [0.3, 0.4) is 0 Å². The van der Waals surface area contributed by atoms with Crippen molar-refractivity contribution in [2.45, 2.75) is 13.8 Å². The van der Waals surface area contributed by atoms with Gasteiger partial charge in [0.1, 0.15) is 0 Å². The average molecular weight is 167 g/mol. The highest BCUT2D eigenvalue weighted by atomic mass is 16.2. The van der Waals surface area contributed by atoms with Gasteiger partial charge in [-0.05, 0) is 19.9 Å². The molecule has 3 nitrogen and oxygen atoms in total. The zero-order chi connectivity index (χ0) is 9.72. The molecular formula is C9H13NO2. The van der Waals surface area contributed by atoms with E-state index in [4.69, 9.17) is 0 Å². The Labute approximate surface area is 72.4 Å². The topological polar surface area (TPSA) is 37.4 Å². The van der Waals surface area contributed by atoms with E-state index in [1.807, 2.05) is 0 Å². The van der Waals surface area contributed by atoms with Gasteiger partial charge >= 0.3 is 0 Å². The summed E-state index contributed by atoms with van der Waals surface area (Å²) >= 11 is 0. The fourth-order valence-electron chi connectivity index (χ4n) is 0.740. The summed E-state index contributed by atoms with van der Waals surface area (Å²) in [5, 5.41) is 0. The van der Waals surface area contributed by atoms with Crippen molar-refractivity contribution in [1.29, 1.82) is 0 Å². The number of carbonyl (C=O) groups excluding carboxylic acids is 2. The van der Waals surface area contributed by atoms with Crippen LogP contribution < -0.4 is 0 Å². The van der Waals surface area contributed by atoms with Crippen LogP contribution in [-0.2, 0) is 9.59 Å². The van der Waals surface area contributed by atoms with Crippen LogP contribution in [0, 0.1) is 0 Å². The second-order valence-corrected chi connectivity index (χ2v) is 2.37. The molecule has 0 atom stereocenters. The molecule has 0 heterocycles. The van der Waals surface area contributed by atoms with Crippen molar-refractivity contribution in [3.05, 3.63) is 24.8 Å². The average Bonchev–Trinajstić information content (AvgIpc) is 2.05. The zero-order valence-electron chi connectivity index (χ0n) is 7.46. The highest BCUT2D eigenvalue weighted by Gasteiger charge is 2.16. The van der Waals surface area contributed by atoms with Crippen LogP contribution in [0.5, 0.6) is 0 Å². The molecular weight excluding hydrogens is 154 g/mol. The molecule has 0 aromatic carbocycles. The largest absolute Gasteiger partial charge is 0.276 e. The molecule has 0 aliphatic carbocycles. The molecule has 0 unspecified atom stereocenters. The molecule has 0 aliphatic heterocycles. The first-order valence-corrected chi connectivity index (χ1v) is 3.68. The van der Waals surface area contributed by atoms with Crippen molar-refractivity contribution >= 4 is 11.8 Å². The van der Waals surface area contributed by atoms with Crippen LogP contribution in [0.2, 0.25) is 0 Å². The van der Waals surface area contributed by atoms with E-state index in [1.54, 1.807) is 13.8 Å². The maximum absolute atomic E-state index is 11.2. The van der Waals surface area contributed by atoms with Gasteiger partial charge in [0.2, 0.25) is 0 Å². The Balaban J connectivity index is 4.56. The van der Waals surface area contributed by atoms with E-state index in [2.05, 4.69) is 13.2 Å². The second kappa shape index (κ2) is 4.49. The standard InChI is InChI=1S/C9H13NO2/c1-5-8(11)10(6-2)9(12)7(3)4/h5H,1,3,6H2,2,4H3. The van der Waals surface area contributed by atoms with Gasteiger partial charge in [-0.25, -0.2) is 0 Å². The monoisotopic (exact) mass is 167 g/mol. The van der Waals surface area contributed by atoms with Crippen molar-refractivity contribution < 1.29 is 9.59 Å². The van der Waals surface area contributed by atoms with Gasteiger partial charge in [0.15, 0.2) is 0 Å². The van der Waals surface area contributed by atoms with Crippen molar-refractivity contribution in [3.8, 4) is 0 Å². The summed E-state index contributed by atoms with van der Waals surface area (Å²) in [6, 6.07) is 0. The van der Waals surface area contributed by atoms with Crippen LogP contribution in [0.25, 0.3) is 0 Å². The first-order chi connectivity index (χ1) is 5.54. The Bertz CT molecular complexity index is 231. The molecule has 0 aliphatic rings. The SMILES string of the molecule is C=CC(=O)N(CC)C(=O)C(=C)C. The number of nitrogens with zero attached hydrogens (tertiary/aromatic N) is 1. The minimum Gasteiger partial charge on any atom is -0.276 e. The van der Waals surface area contributed by atoms with E-state index in [-0.39, 0.29) is 11.8 Å². The van der Waals surface area contributed by atoms with E-state index in [1.165, 1.54) is 0 Å². The van der Waals surface area contributed by atoms with Gasteiger partial charge < -0.3 is 0 Å². The first-order valence-electron chi connectivity index (χ1n) is 3.68. The lowest BCUT2D eigenvalue weighted by molar-refractivity contribution is -0.139. The molecule has 0 fully saturated rings. The minimum atomic E-state index is -0.384. The Morgan fingerprint density at radius 1 is 1.50 bits per heavy atom. The summed E-state index contributed by atoms with van der Waals surface area (Å²) in [6.07, 6.45) is 1.12. The highest BCUT2D eigenvalue weighted by Crippen LogP contribution is 1.99. The number of rotatable bonds is 3. The maximum atomic E-state index is 11.2. The van der Waals surface area contributed by atoms with Gasteiger partial charge in [-0.3, -0.25) is 14.5 Å². The van der Waals surface area contributed by atoms with Gasteiger partial charge in [0.05, 0.1) is 0 Å². The molecule has 0 spiro atoms. The summed E-state index contributed by atoms with van der Waals surface area (Å²) in [5.41, 5.74) is 0.354. The van der Waals surface area contributed by atoms with Crippen molar-refractivity contribution in [2.75, 3.05) is 6.54 Å². The van der Waals surface area contributed by atoms with E-state index in [0.29, 0.717) is 12.1 Å². The first kappa shape index (κ1) is 10.6. The Morgan fingerprint density at radius 3 is 2.25 bits per heavy atom. The molecule has 3 heteroatoms. The molecule has 0 rings (SSSR count). The highest BCUT2D eigenvalue weighted by molar-refractivity contribution is 6.06. The molecule has 0 saturated carbocycles. The summed E-state index contributed by atoms with van der Waals surface area (Å²) < 4.78 is 0. The fourth-order valence-corrected chi connectivity index (χ4v) is 0.740. The Morgan fingerprint density at radius 2 is 2.00 bits per heavy atom. The number of imide groups is 1. The molecule has 0 saturated heterocycles. The Kier molecular flexibility index (Phi) is 3.97. The maximum Gasteiger partial charge on any atom is 0.255 e. The predicted molar refractivity (Wildman–Crippen MR) is 47.4 cm³/mol. The second-order valence-electron chi connectivity index (χ2n) is 2.37. The minimum absolute atomic E-state index is 0.344. The molecule has 0 bridgehead atoms. The number of hydrogen-bond donors (Lipinski definition) is 0. The summed E-state index contributed by atoms with van der Waals surface area (Å²) in [5.74, 6) is -0.729. The van der Waals surface area contributed by atoms with Crippen LogP contribution in [0.1, 0.15) is 13.8 Å². The molecule has 0 radical (unpaired) electrons. The van der Waals surface area contributed by atoms with Crippen LogP contribution in [-0.4, -0.2) is 23.3 Å². The summed E-state index contributed by atoms with van der Waals surface area (Å²) in [4.78, 5) is 23.4. The van der Waals surface area contributed by atoms with Gasteiger partial charge in [0, 0.05) is 12.1 Å². The molecule has 0 N–H and O–H groups in total. The predicted octanol–water partition coefficient (Wildman–Crippen LogP) is 1.12. The quantitative estimate of drug-likeness (QED) is 0.591. The molecule has 12 heavy (non-hydrogen) atoms. The lowest BCUT2D eigenvalue weighted by Gasteiger charge is -2.16. The van der Waals surface area contributed by atoms with Crippen molar-refractivity contribution in [2.24, 2.45) is 0 Å². The molecule has 0 aromatic rings.